The molecule has 7 heteroatoms. The van der Waals surface area contributed by atoms with E-state index < -0.39 is 40.5 Å². The average molecular weight is 470 g/mol. The maximum Gasteiger partial charge on any atom is 0.362 e. The predicted octanol–water partition coefficient (Wildman–Crippen LogP) is 4.54. The molecule has 0 amide bonds. The Morgan fingerprint density at radius 2 is 1.09 bits per heavy atom. The van der Waals surface area contributed by atoms with Crippen molar-refractivity contribution in [2.75, 3.05) is 6.54 Å². The molecule has 33 heavy (non-hydrogen) atoms. The second-order valence-corrected chi connectivity index (χ2v) is 9.33. The van der Waals surface area contributed by atoms with Crippen molar-refractivity contribution in [2.45, 2.75) is 129 Å². The van der Waals surface area contributed by atoms with Gasteiger partial charge in [-0.05, 0) is 59.3 Å². The molecule has 0 fully saturated rings. The number of carbonyl (C=O) groups is 3. The van der Waals surface area contributed by atoms with Gasteiger partial charge in [0.05, 0.1) is 12.5 Å². The first-order chi connectivity index (χ1) is 15.6. The molecular formula is C26H47NO6. The van der Waals surface area contributed by atoms with Gasteiger partial charge in [0.15, 0.2) is 12.1 Å². The van der Waals surface area contributed by atoms with Crippen LogP contribution >= 0.6 is 0 Å². The Morgan fingerprint density at radius 3 is 1.48 bits per heavy atom. The molecular weight excluding hydrogens is 422 g/mol. The lowest BCUT2D eigenvalue weighted by Crippen LogP contribution is -2.72. The molecule has 0 aromatic heterocycles. The normalized spacial score (nSPS) is 16.2. The van der Waals surface area contributed by atoms with Crippen molar-refractivity contribution in [1.82, 2.24) is 0 Å². The molecule has 0 bridgehead atoms. The highest BCUT2D eigenvalue weighted by atomic mass is 16.4. The zero-order chi connectivity index (χ0) is 25.3. The van der Waals surface area contributed by atoms with Crippen LogP contribution in [0.1, 0.15) is 111 Å². The largest absolute Gasteiger partial charge is 0.544 e. The Labute approximate surface area is 200 Å². The number of carbonyl (C=O) groups excluding carboxylic acids is 1. The van der Waals surface area contributed by atoms with Gasteiger partial charge in [0.1, 0.15) is 6.04 Å². The summed E-state index contributed by atoms with van der Waals surface area (Å²) in [6.07, 6.45) is 19.0. The lowest BCUT2D eigenvalue weighted by atomic mass is 10.00. The predicted molar refractivity (Wildman–Crippen MR) is 129 cm³/mol. The number of unbranched alkanes of at least 4 members (excludes halogenated alkanes) is 11. The van der Waals surface area contributed by atoms with Gasteiger partial charge in [-0.3, -0.25) is 4.48 Å². The van der Waals surface area contributed by atoms with Crippen LogP contribution in [0.25, 0.3) is 0 Å². The van der Waals surface area contributed by atoms with Crippen molar-refractivity contribution in [3.05, 3.63) is 12.2 Å². The highest BCUT2D eigenvalue weighted by Gasteiger charge is 2.50. The summed E-state index contributed by atoms with van der Waals surface area (Å²) in [7, 11) is 0. The number of aliphatic carboxylic acids is 3. The van der Waals surface area contributed by atoms with Crippen LogP contribution in [0.15, 0.2) is 12.2 Å². The van der Waals surface area contributed by atoms with E-state index in [0.29, 0.717) is 6.42 Å². The quantitative estimate of drug-likeness (QED) is 0.145. The number of allylic oxidation sites excluding steroid dienone is 2. The van der Waals surface area contributed by atoms with Gasteiger partial charge in [0, 0.05) is 0 Å². The Balaban J connectivity index is 4.44. The van der Waals surface area contributed by atoms with E-state index in [9.17, 15) is 29.7 Å². The second kappa shape index (κ2) is 17.6. The molecule has 0 rings (SSSR count). The molecule has 2 N–H and O–H groups in total. The van der Waals surface area contributed by atoms with Crippen molar-refractivity contribution < 1.29 is 34.2 Å². The van der Waals surface area contributed by atoms with Gasteiger partial charge in [-0.25, -0.2) is 9.59 Å². The summed E-state index contributed by atoms with van der Waals surface area (Å²) in [6, 6.07) is -3.56. The lowest BCUT2D eigenvalue weighted by Gasteiger charge is -2.49. The van der Waals surface area contributed by atoms with Gasteiger partial charge in [-0.1, -0.05) is 64.0 Å². The maximum absolute atomic E-state index is 11.7. The Hall–Kier alpha value is -1.89. The van der Waals surface area contributed by atoms with Crippen LogP contribution < -0.4 is 5.11 Å². The molecule has 0 aromatic carbocycles. The van der Waals surface area contributed by atoms with Crippen molar-refractivity contribution >= 4 is 17.9 Å². The SMILES string of the molecule is CCCCC/C=C/CCCCCCCCCC[N+](C(C)C(=O)[O-])(C(C)C(=O)O)C(C)C(=O)O. The highest BCUT2D eigenvalue weighted by molar-refractivity contribution is 5.76. The van der Waals surface area contributed by atoms with Crippen molar-refractivity contribution in [1.29, 1.82) is 0 Å². The van der Waals surface area contributed by atoms with E-state index in [-0.39, 0.29) is 6.54 Å². The molecule has 0 saturated carbocycles. The molecule has 0 heterocycles. The first-order valence-electron chi connectivity index (χ1n) is 12.8. The van der Waals surface area contributed by atoms with Crippen molar-refractivity contribution in [3.8, 4) is 0 Å². The van der Waals surface area contributed by atoms with Gasteiger partial charge >= 0.3 is 11.9 Å². The number of nitrogens with zero attached hydrogens (tertiary/aromatic N) is 1. The Morgan fingerprint density at radius 1 is 0.697 bits per heavy atom. The molecule has 0 aliphatic carbocycles. The maximum atomic E-state index is 11.7. The number of hydrogen-bond donors (Lipinski definition) is 2. The summed E-state index contributed by atoms with van der Waals surface area (Å²) >= 11 is 0. The fourth-order valence-corrected chi connectivity index (χ4v) is 4.65. The zero-order valence-corrected chi connectivity index (χ0v) is 21.3. The zero-order valence-electron chi connectivity index (χ0n) is 21.3. The molecule has 3 unspecified atom stereocenters. The van der Waals surface area contributed by atoms with Crippen LogP contribution in [-0.2, 0) is 14.4 Å². The Kier molecular flexibility index (Phi) is 16.6. The minimum absolute atomic E-state index is 0.181. The van der Waals surface area contributed by atoms with Crippen LogP contribution in [0.5, 0.6) is 0 Å². The van der Waals surface area contributed by atoms with E-state index in [4.69, 9.17) is 0 Å². The van der Waals surface area contributed by atoms with Crippen LogP contribution in [0.2, 0.25) is 0 Å². The fraction of sp³-hybridized carbons (Fsp3) is 0.808. The minimum Gasteiger partial charge on any atom is -0.544 e. The number of quaternary nitrogens is 1. The number of carboxylic acids is 3. The van der Waals surface area contributed by atoms with Crippen molar-refractivity contribution in [3.63, 3.8) is 0 Å². The van der Waals surface area contributed by atoms with Crippen LogP contribution in [0.4, 0.5) is 0 Å². The van der Waals surface area contributed by atoms with E-state index >= 15 is 0 Å². The van der Waals surface area contributed by atoms with Gasteiger partial charge in [0.25, 0.3) is 0 Å². The highest BCUT2D eigenvalue weighted by Crippen LogP contribution is 2.27. The van der Waals surface area contributed by atoms with Crippen LogP contribution in [0.3, 0.4) is 0 Å². The first-order valence-corrected chi connectivity index (χ1v) is 12.8. The third-order valence-corrected chi connectivity index (χ3v) is 7.03. The van der Waals surface area contributed by atoms with Crippen molar-refractivity contribution in [2.24, 2.45) is 0 Å². The average Bonchev–Trinajstić information content (AvgIpc) is 2.77. The van der Waals surface area contributed by atoms with E-state index in [1.54, 1.807) is 0 Å². The van der Waals surface area contributed by atoms with E-state index in [2.05, 4.69) is 19.1 Å². The summed E-state index contributed by atoms with van der Waals surface area (Å²) in [5.41, 5.74) is 0. The van der Waals surface area contributed by atoms with Crippen LogP contribution in [-0.4, -0.2) is 57.3 Å². The smallest absolute Gasteiger partial charge is 0.362 e. The summed E-state index contributed by atoms with van der Waals surface area (Å²) < 4.78 is -0.543. The molecule has 0 spiro atoms. The van der Waals surface area contributed by atoms with Gasteiger partial charge < -0.3 is 20.1 Å². The molecule has 0 aliphatic heterocycles. The lowest BCUT2D eigenvalue weighted by molar-refractivity contribution is -0.969. The number of rotatable bonds is 21. The topological polar surface area (TPSA) is 115 Å². The molecule has 0 aliphatic rings. The van der Waals surface area contributed by atoms with Gasteiger partial charge in [-0.2, -0.15) is 0 Å². The Bertz CT molecular complexity index is 553. The van der Waals surface area contributed by atoms with Gasteiger partial charge in [-0.15, -0.1) is 0 Å². The molecule has 3 atom stereocenters. The van der Waals surface area contributed by atoms with Crippen LogP contribution in [0, 0.1) is 0 Å². The van der Waals surface area contributed by atoms with E-state index in [0.717, 1.165) is 32.1 Å². The molecule has 0 saturated heterocycles. The molecule has 0 aromatic rings. The summed E-state index contributed by atoms with van der Waals surface area (Å²) in [5.74, 6) is -3.83. The van der Waals surface area contributed by atoms with E-state index in [1.807, 2.05) is 0 Å². The summed E-state index contributed by atoms with van der Waals surface area (Å²) in [5, 5.41) is 30.8. The summed E-state index contributed by atoms with van der Waals surface area (Å²) in [4.78, 5) is 35.1. The minimum atomic E-state index is -1.42. The third-order valence-electron chi connectivity index (χ3n) is 7.03. The number of carboxylic acid groups (broad SMARTS) is 3. The standard InChI is InChI=1S/C26H47NO6/c1-5-6-7-8-9-10-11-12-13-14-15-16-17-18-19-20-27(21(2)24(28)29,22(3)25(30)31)23(4)26(32)33/h9-10,21-23H,5-8,11-20H2,1-4H3,(H2-,28,29,30,31,32,33)/b10-9+. The molecule has 192 valence electrons. The van der Waals surface area contributed by atoms with E-state index in [1.165, 1.54) is 65.7 Å². The fourth-order valence-electron chi connectivity index (χ4n) is 4.65. The second-order valence-electron chi connectivity index (χ2n) is 9.33. The van der Waals surface area contributed by atoms with Gasteiger partial charge in [0.2, 0.25) is 0 Å². The first kappa shape index (κ1) is 31.1. The summed E-state index contributed by atoms with van der Waals surface area (Å²) in [6.45, 7) is 6.53. The molecule has 0 radical (unpaired) electrons. The number of hydrogen-bond acceptors (Lipinski definition) is 4. The third kappa shape index (κ3) is 11.2. The molecule has 7 nitrogen and oxygen atoms in total. The monoisotopic (exact) mass is 469 g/mol.